The minimum absolute atomic E-state index is 2.65. The molecule has 0 unspecified atom stereocenters. The second-order valence-corrected chi connectivity index (χ2v) is 6.89. The van der Waals surface area contributed by atoms with Gasteiger partial charge < -0.3 is 0 Å². The Kier molecular flexibility index (Phi) is 2.83. The van der Waals surface area contributed by atoms with E-state index in [1.165, 1.54) is 0 Å². The molecule has 0 saturated carbocycles. The van der Waals surface area contributed by atoms with Crippen molar-refractivity contribution in [2.24, 2.45) is 0 Å². The first-order chi connectivity index (χ1) is 4.96. The van der Waals surface area contributed by atoms with Crippen molar-refractivity contribution >= 4 is 28.7 Å². The quantitative estimate of drug-likeness (QED) is 0.420. The van der Waals surface area contributed by atoms with Crippen LogP contribution >= 0.6 is 0 Å². The van der Waals surface area contributed by atoms with Crippen LogP contribution in [0.3, 0.4) is 0 Å². The molecule has 0 bridgehead atoms. The third kappa shape index (κ3) is 3.42. The second-order valence-electron chi connectivity index (χ2n) is 1.33. The summed E-state index contributed by atoms with van der Waals surface area (Å²) in [7, 11) is -17.0. The van der Waals surface area contributed by atoms with Gasteiger partial charge in [0, 0.05) is 0 Å². The summed E-state index contributed by atoms with van der Waals surface area (Å²) in [5, 5.41) is 0. The molecule has 0 fully saturated rings. The minimum Gasteiger partial charge on any atom is -0.272 e. The fraction of sp³-hybridized carbons (Fsp3) is 0. The molecule has 74 valence electrons. The molecule has 0 aliphatic heterocycles. The van der Waals surface area contributed by atoms with Crippen molar-refractivity contribution in [1.29, 1.82) is 0 Å². The van der Waals surface area contributed by atoms with Crippen LogP contribution in [-0.2, 0) is 32.3 Å². The van der Waals surface area contributed by atoms with Crippen molar-refractivity contribution in [2.75, 3.05) is 0 Å². The molecule has 0 aliphatic rings. The summed E-state index contributed by atoms with van der Waals surface area (Å²) in [6, 6.07) is 0. The van der Waals surface area contributed by atoms with Crippen LogP contribution in [-0.4, -0.2) is 34.4 Å². The second kappa shape index (κ2) is 2.90. The van der Waals surface area contributed by atoms with Crippen LogP contribution in [0.2, 0.25) is 0 Å². The van der Waals surface area contributed by atoms with E-state index in [1.807, 2.05) is 0 Å². The standard InChI is InChI=1S/H2O9S3/c1-10(2,3)9-12(7,8)11(4,5)6/h(H,1,2,3)(H,4,5,6). The van der Waals surface area contributed by atoms with Gasteiger partial charge in [-0.1, -0.05) is 0 Å². The molecule has 0 aromatic rings. The average Bonchev–Trinajstić information content (AvgIpc) is 1.52. The van der Waals surface area contributed by atoms with Gasteiger partial charge in [0.15, 0.2) is 0 Å². The molecule has 12 heavy (non-hydrogen) atoms. The van der Waals surface area contributed by atoms with E-state index >= 15 is 0 Å². The SMILES string of the molecule is O=S(=O)(O)OS(=O)(=O)S(=O)(=O)O. The van der Waals surface area contributed by atoms with Crippen molar-refractivity contribution in [1.82, 2.24) is 0 Å². The predicted octanol–water partition coefficient (Wildman–Crippen LogP) is -2.06. The molecule has 0 saturated heterocycles. The summed E-state index contributed by atoms with van der Waals surface area (Å²) in [5.74, 6) is 0. The lowest BCUT2D eigenvalue weighted by Crippen LogP contribution is -2.20. The first-order valence-corrected chi connectivity index (χ1v) is 6.60. The molecular formula is H2O9S3. The number of hydrogen-bond donors (Lipinski definition) is 2. The van der Waals surface area contributed by atoms with Gasteiger partial charge in [0.05, 0.1) is 0 Å². The van der Waals surface area contributed by atoms with Crippen molar-refractivity contribution in [3.8, 4) is 0 Å². The Morgan fingerprint density at radius 1 is 0.833 bits per heavy atom. The lowest BCUT2D eigenvalue weighted by molar-refractivity contribution is 0.384. The van der Waals surface area contributed by atoms with Crippen LogP contribution in [0.25, 0.3) is 0 Å². The summed E-state index contributed by atoms with van der Waals surface area (Å²) in [6.07, 6.45) is 0. The van der Waals surface area contributed by atoms with E-state index < -0.39 is 28.7 Å². The van der Waals surface area contributed by atoms with Crippen LogP contribution in [0.1, 0.15) is 0 Å². The monoisotopic (exact) mass is 242 g/mol. The zero-order valence-corrected chi connectivity index (χ0v) is 7.43. The Hall–Kier alpha value is -0.270. The lowest BCUT2D eigenvalue weighted by atomic mass is 15.8. The van der Waals surface area contributed by atoms with E-state index in [9.17, 15) is 25.3 Å². The van der Waals surface area contributed by atoms with E-state index in [4.69, 9.17) is 9.11 Å². The zero-order valence-electron chi connectivity index (χ0n) is 4.98. The van der Waals surface area contributed by atoms with Crippen LogP contribution in [0, 0.1) is 0 Å². The highest BCUT2D eigenvalue weighted by Gasteiger charge is 2.33. The molecule has 0 radical (unpaired) electrons. The van der Waals surface area contributed by atoms with Crippen LogP contribution in [0.4, 0.5) is 0 Å². The predicted molar refractivity (Wildman–Crippen MR) is 33.1 cm³/mol. The Labute approximate surface area is 67.2 Å². The van der Waals surface area contributed by atoms with E-state index in [2.05, 4.69) is 3.63 Å². The normalized spacial score (nSPS) is 14.5. The molecule has 0 aliphatic carbocycles. The molecule has 0 aromatic heterocycles. The smallest absolute Gasteiger partial charge is 0.272 e. The van der Waals surface area contributed by atoms with Crippen LogP contribution in [0.5, 0.6) is 0 Å². The van der Waals surface area contributed by atoms with Gasteiger partial charge in [-0.15, -0.1) is 3.63 Å². The molecule has 12 heteroatoms. The van der Waals surface area contributed by atoms with Gasteiger partial charge in [-0.3, -0.25) is 9.11 Å². The van der Waals surface area contributed by atoms with E-state index in [0.717, 1.165) is 0 Å². The molecule has 9 nitrogen and oxygen atoms in total. The number of hydrogen-bond acceptors (Lipinski definition) is 7. The minimum atomic E-state index is -5.77. The summed E-state index contributed by atoms with van der Waals surface area (Å²) in [5.41, 5.74) is 0. The summed E-state index contributed by atoms with van der Waals surface area (Å²) in [6.45, 7) is 0. The van der Waals surface area contributed by atoms with Crippen molar-refractivity contribution < 1.29 is 38.0 Å². The van der Waals surface area contributed by atoms with Gasteiger partial charge in [0.1, 0.15) is 0 Å². The third-order valence-corrected chi connectivity index (χ3v) is 4.35. The van der Waals surface area contributed by atoms with Crippen molar-refractivity contribution in [3.05, 3.63) is 0 Å². The Bertz CT molecular complexity index is 440. The first kappa shape index (κ1) is 11.7. The maximum Gasteiger partial charge on any atom is 0.416 e. The molecule has 0 aromatic carbocycles. The van der Waals surface area contributed by atoms with Gasteiger partial charge >= 0.3 is 28.7 Å². The fourth-order valence-electron chi connectivity index (χ4n) is 0.140. The van der Waals surface area contributed by atoms with Gasteiger partial charge in [-0.05, 0) is 0 Å². The maximum atomic E-state index is 10.1. The Balaban J connectivity index is 5.25. The van der Waals surface area contributed by atoms with Crippen molar-refractivity contribution in [3.63, 3.8) is 0 Å². The largest absolute Gasteiger partial charge is 0.416 e. The van der Waals surface area contributed by atoms with Crippen LogP contribution < -0.4 is 0 Å². The zero-order chi connectivity index (χ0) is 10.2. The molecule has 0 amide bonds. The van der Waals surface area contributed by atoms with Crippen LogP contribution in [0.15, 0.2) is 0 Å². The molecule has 2 N–H and O–H groups in total. The fourth-order valence-corrected chi connectivity index (χ4v) is 2.53. The molecular weight excluding hydrogens is 240 g/mol. The number of rotatable bonds is 3. The molecule has 0 rings (SSSR count). The average molecular weight is 242 g/mol. The van der Waals surface area contributed by atoms with Crippen molar-refractivity contribution in [2.45, 2.75) is 0 Å². The lowest BCUT2D eigenvalue weighted by Gasteiger charge is -1.95. The van der Waals surface area contributed by atoms with E-state index in [-0.39, 0.29) is 0 Å². The highest BCUT2D eigenvalue weighted by Crippen LogP contribution is 2.05. The maximum absolute atomic E-state index is 10.1. The van der Waals surface area contributed by atoms with E-state index in [1.54, 1.807) is 0 Å². The van der Waals surface area contributed by atoms with Gasteiger partial charge in [-0.2, -0.15) is 25.3 Å². The van der Waals surface area contributed by atoms with Gasteiger partial charge in [0.2, 0.25) is 0 Å². The third-order valence-electron chi connectivity index (χ3n) is 0.427. The summed E-state index contributed by atoms with van der Waals surface area (Å²) < 4.78 is 77.2. The van der Waals surface area contributed by atoms with Gasteiger partial charge in [-0.25, -0.2) is 0 Å². The highest BCUT2D eigenvalue weighted by atomic mass is 33.2. The van der Waals surface area contributed by atoms with Gasteiger partial charge in [0.25, 0.3) is 0 Å². The molecule has 0 spiro atoms. The molecule has 0 heterocycles. The highest BCUT2D eigenvalue weighted by molar-refractivity contribution is 8.63. The molecule has 0 atom stereocenters. The first-order valence-electron chi connectivity index (χ1n) is 1.87. The Morgan fingerprint density at radius 3 is 1.25 bits per heavy atom. The van der Waals surface area contributed by atoms with E-state index in [0.29, 0.717) is 0 Å². The summed E-state index contributed by atoms with van der Waals surface area (Å²) >= 11 is 0. The Morgan fingerprint density at radius 2 is 1.17 bits per heavy atom. The topological polar surface area (TPSA) is 152 Å². The summed E-state index contributed by atoms with van der Waals surface area (Å²) in [4.78, 5) is 0.